The number of nitrogens with one attached hydrogen (secondary N) is 1. The fourth-order valence-corrected chi connectivity index (χ4v) is 2.69. The normalized spacial score (nSPS) is 30.7. The van der Waals surface area contributed by atoms with E-state index < -0.39 is 11.7 Å². The Labute approximate surface area is 102 Å². The molecule has 1 aromatic rings. The number of rotatable bonds is 2. The van der Waals surface area contributed by atoms with Crippen molar-refractivity contribution in [3.63, 3.8) is 0 Å². The van der Waals surface area contributed by atoms with E-state index in [1.807, 2.05) is 0 Å². The largest absolute Gasteiger partial charge is 0.488 e. The molecule has 0 radical (unpaired) electrons. The zero-order valence-corrected chi connectivity index (χ0v) is 9.57. The third-order valence-corrected chi connectivity index (χ3v) is 3.66. The van der Waals surface area contributed by atoms with Crippen LogP contribution >= 0.6 is 0 Å². The number of nitrogens with zero attached hydrogens (tertiary/aromatic N) is 1. The Bertz CT molecular complexity index is 435. The van der Waals surface area contributed by atoms with Crippen molar-refractivity contribution in [1.29, 1.82) is 0 Å². The van der Waals surface area contributed by atoms with Crippen LogP contribution in [0.2, 0.25) is 0 Å². The van der Waals surface area contributed by atoms with E-state index in [-0.39, 0.29) is 11.9 Å². The minimum absolute atomic E-state index is 0.0385. The lowest BCUT2D eigenvalue weighted by Gasteiger charge is -2.48. The van der Waals surface area contributed by atoms with Crippen LogP contribution in [0.5, 0.6) is 5.75 Å². The molecule has 1 unspecified atom stereocenters. The van der Waals surface area contributed by atoms with Crippen molar-refractivity contribution in [2.75, 3.05) is 13.1 Å². The molecule has 0 spiro atoms. The Morgan fingerprint density at radius 1 is 1.22 bits per heavy atom. The van der Waals surface area contributed by atoms with Crippen molar-refractivity contribution in [2.24, 2.45) is 11.8 Å². The Morgan fingerprint density at radius 2 is 1.94 bits per heavy atom. The quantitative estimate of drug-likeness (QED) is 0.882. The van der Waals surface area contributed by atoms with Crippen LogP contribution in [-0.2, 0) is 6.18 Å². The first-order chi connectivity index (χ1) is 8.54. The predicted molar refractivity (Wildman–Crippen MR) is 58.1 cm³/mol. The first-order valence-corrected chi connectivity index (χ1v) is 5.93. The zero-order chi connectivity index (χ0) is 12.8. The van der Waals surface area contributed by atoms with Gasteiger partial charge in [-0.25, -0.2) is 0 Å². The molecule has 2 aliphatic rings. The summed E-state index contributed by atoms with van der Waals surface area (Å²) < 4.78 is 43.2. The standard InChI is InChI=1S/C12H13F3N2O/c13-12(14,15)9-2-10(6-17-5-9)18-11-7-1-8(11)4-16-3-7/h2,5-8,11,16H,1,3-4H2/t7-,8+,11?. The summed E-state index contributed by atoms with van der Waals surface area (Å²) in [5.74, 6) is 1.04. The van der Waals surface area contributed by atoms with E-state index in [0.717, 1.165) is 31.8 Å². The summed E-state index contributed by atoms with van der Waals surface area (Å²) in [6.45, 7) is 1.76. The van der Waals surface area contributed by atoms with Gasteiger partial charge in [0.1, 0.15) is 11.9 Å². The van der Waals surface area contributed by atoms with Gasteiger partial charge >= 0.3 is 6.18 Å². The molecule has 0 aromatic carbocycles. The Balaban J connectivity index is 1.73. The lowest BCUT2D eigenvalue weighted by atomic mass is 9.69. The minimum Gasteiger partial charge on any atom is -0.488 e. The van der Waals surface area contributed by atoms with Crippen molar-refractivity contribution in [2.45, 2.75) is 18.7 Å². The lowest BCUT2D eigenvalue weighted by molar-refractivity contribution is -0.138. The number of fused-ring (bicyclic) bond motifs is 2. The molecule has 1 saturated carbocycles. The van der Waals surface area contributed by atoms with Gasteiger partial charge in [0.25, 0.3) is 0 Å². The van der Waals surface area contributed by atoms with E-state index in [1.54, 1.807) is 0 Å². The van der Waals surface area contributed by atoms with Crippen LogP contribution in [0.15, 0.2) is 18.5 Å². The maximum atomic E-state index is 12.5. The van der Waals surface area contributed by atoms with Crippen molar-refractivity contribution in [3.05, 3.63) is 24.0 Å². The number of pyridine rings is 1. The van der Waals surface area contributed by atoms with Gasteiger partial charge in [-0.2, -0.15) is 13.2 Å². The minimum atomic E-state index is -4.37. The molecule has 2 bridgehead atoms. The number of halogens is 3. The van der Waals surface area contributed by atoms with Gasteiger partial charge in [-0.1, -0.05) is 0 Å². The van der Waals surface area contributed by atoms with Crippen LogP contribution in [-0.4, -0.2) is 24.2 Å². The highest BCUT2D eigenvalue weighted by Gasteiger charge is 2.45. The molecule has 2 heterocycles. The molecule has 1 saturated heterocycles. The van der Waals surface area contributed by atoms with Crippen LogP contribution in [0.1, 0.15) is 12.0 Å². The second kappa shape index (κ2) is 4.12. The first kappa shape index (κ1) is 11.8. The molecule has 0 amide bonds. The van der Waals surface area contributed by atoms with E-state index >= 15 is 0 Å². The highest BCUT2D eigenvalue weighted by molar-refractivity contribution is 5.26. The number of hydrogen-bond acceptors (Lipinski definition) is 3. The molecule has 3 rings (SSSR count). The van der Waals surface area contributed by atoms with Crippen LogP contribution in [0.25, 0.3) is 0 Å². The summed E-state index contributed by atoms with van der Waals surface area (Å²) in [6, 6.07) is 1.02. The molecule has 18 heavy (non-hydrogen) atoms. The predicted octanol–water partition coefficient (Wildman–Crippen LogP) is 2.09. The molecule has 1 aromatic heterocycles. The second-order valence-corrected chi connectivity index (χ2v) is 4.90. The third-order valence-electron chi connectivity index (χ3n) is 3.66. The monoisotopic (exact) mass is 258 g/mol. The van der Waals surface area contributed by atoms with Crippen LogP contribution in [0.4, 0.5) is 13.2 Å². The molecule has 1 aliphatic carbocycles. The summed E-state index contributed by atoms with van der Waals surface area (Å²) >= 11 is 0. The summed E-state index contributed by atoms with van der Waals surface area (Å²) in [5, 5.41) is 3.26. The summed E-state index contributed by atoms with van der Waals surface area (Å²) in [4.78, 5) is 3.60. The summed E-state index contributed by atoms with van der Waals surface area (Å²) in [6.07, 6.45) is -1.07. The van der Waals surface area contributed by atoms with E-state index in [1.165, 1.54) is 6.20 Å². The van der Waals surface area contributed by atoms with E-state index in [9.17, 15) is 13.2 Å². The second-order valence-electron chi connectivity index (χ2n) is 4.90. The molecular weight excluding hydrogens is 245 g/mol. The van der Waals surface area contributed by atoms with E-state index in [2.05, 4.69) is 10.3 Å². The summed E-state index contributed by atoms with van der Waals surface area (Å²) in [5.41, 5.74) is -0.761. The Kier molecular flexibility index (Phi) is 2.69. The Morgan fingerprint density at radius 3 is 2.56 bits per heavy atom. The number of piperidine rings is 2. The highest BCUT2D eigenvalue weighted by Crippen LogP contribution is 2.40. The number of alkyl halides is 3. The van der Waals surface area contributed by atoms with Gasteiger partial charge < -0.3 is 10.1 Å². The highest BCUT2D eigenvalue weighted by atomic mass is 19.4. The molecule has 3 nitrogen and oxygen atoms in total. The van der Waals surface area contributed by atoms with Crippen LogP contribution < -0.4 is 10.1 Å². The lowest BCUT2D eigenvalue weighted by Crippen LogP contribution is -2.59. The number of hydrogen-bond donors (Lipinski definition) is 1. The topological polar surface area (TPSA) is 34.1 Å². The van der Waals surface area contributed by atoms with Crippen molar-refractivity contribution < 1.29 is 17.9 Å². The first-order valence-electron chi connectivity index (χ1n) is 5.93. The van der Waals surface area contributed by atoms with Gasteiger partial charge in [-0.3, -0.25) is 4.98 Å². The molecule has 98 valence electrons. The molecule has 1 N–H and O–H groups in total. The SMILES string of the molecule is FC(F)(F)c1cncc(OC2[C@@H]3CNC[C@H]2C3)c1. The van der Waals surface area contributed by atoms with Gasteiger partial charge in [0.05, 0.1) is 11.8 Å². The van der Waals surface area contributed by atoms with E-state index in [0.29, 0.717) is 11.8 Å². The summed E-state index contributed by atoms with van der Waals surface area (Å²) in [7, 11) is 0. The average Bonchev–Trinajstić information content (AvgIpc) is 2.36. The molecular formula is C12H13F3N2O. The molecule has 1 aliphatic heterocycles. The zero-order valence-electron chi connectivity index (χ0n) is 9.57. The number of ether oxygens (including phenoxy) is 1. The fraction of sp³-hybridized carbons (Fsp3) is 0.583. The average molecular weight is 258 g/mol. The van der Waals surface area contributed by atoms with Gasteiger partial charge in [0.15, 0.2) is 0 Å². The van der Waals surface area contributed by atoms with Crippen molar-refractivity contribution >= 4 is 0 Å². The van der Waals surface area contributed by atoms with Gasteiger partial charge in [-0.05, 0) is 12.5 Å². The maximum Gasteiger partial charge on any atom is 0.418 e. The number of aromatic nitrogens is 1. The van der Waals surface area contributed by atoms with Crippen molar-refractivity contribution in [1.82, 2.24) is 10.3 Å². The van der Waals surface area contributed by atoms with Crippen molar-refractivity contribution in [3.8, 4) is 5.75 Å². The smallest absolute Gasteiger partial charge is 0.418 e. The maximum absolute atomic E-state index is 12.5. The third kappa shape index (κ3) is 2.05. The molecule has 3 atom stereocenters. The van der Waals surface area contributed by atoms with E-state index in [4.69, 9.17) is 4.74 Å². The Hall–Kier alpha value is -1.30. The fourth-order valence-electron chi connectivity index (χ4n) is 2.69. The molecule has 6 heteroatoms. The molecule has 2 fully saturated rings. The van der Waals surface area contributed by atoms with Gasteiger partial charge in [0, 0.05) is 31.1 Å². The van der Waals surface area contributed by atoms with Gasteiger partial charge in [-0.15, -0.1) is 0 Å². The van der Waals surface area contributed by atoms with Gasteiger partial charge in [0.2, 0.25) is 0 Å². The van der Waals surface area contributed by atoms with Crippen LogP contribution in [0.3, 0.4) is 0 Å². The van der Waals surface area contributed by atoms with Crippen LogP contribution in [0, 0.1) is 11.8 Å².